The highest BCUT2D eigenvalue weighted by molar-refractivity contribution is 7.90. The Kier molecular flexibility index (Phi) is 5.01. The molecule has 20 heavy (non-hydrogen) atoms. The molecule has 112 valence electrons. The van der Waals surface area contributed by atoms with Crippen LogP contribution in [-0.2, 0) is 21.2 Å². The number of sulfonamides is 1. The minimum atomic E-state index is -3.41. The normalized spacial score (nSPS) is 23.8. The molecular formula is C13H17ClFNO3S. The Balaban J connectivity index is 2.26. The molecule has 1 N–H and O–H groups in total. The van der Waals surface area contributed by atoms with Crippen molar-refractivity contribution in [3.8, 4) is 0 Å². The molecule has 2 unspecified atom stereocenters. The maximum absolute atomic E-state index is 13.8. The van der Waals surface area contributed by atoms with Crippen LogP contribution in [0.5, 0.6) is 0 Å². The highest BCUT2D eigenvalue weighted by Gasteiger charge is 2.36. The van der Waals surface area contributed by atoms with Crippen LogP contribution in [0.3, 0.4) is 0 Å². The van der Waals surface area contributed by atoms with Crippen LogP contribution in [0.2, 0.25) is 5.02 Å². The zero-order valence-corrected chi connectivity index (χ0v) is 12.7. The Hall–Kier alpha value is -0.690. The number of hydrogen-bond donors (Lipinski definition) is 1. The standard InChI is InChI=1S/C13H17ClFNO3S/c1-16-20(17,18)13-5-6-19-8-9(13)7-10-11(14)3-2-4-12(10)15/h2-4,9,13,16H,5-8H2,1H3. The largest absolute Gasteiger partial charge is 0.381 e. The molecule has 1 aromatic carbocycles. The molecule has 0 aromatic heterocycles. The fraction of sp³-hybridized carbons (Fsp3) is 0.538. The SMILES string of the molecule is CNS(=O)(=O)C1CCOCC1Cc1c(F)cccc1Cl. The third-order valence-corrected chi connectivity index (χ3v) is 5.96. The molecule has 1 saturated heterocycles. The minimum Gasteiger partial charge on any atom is -0.381 e. The van der Waals surface area contributed by atoms with Gasteiger partial charge in [-0.3, -0.25) is 0 Å². The lowest BCUT2D eigenvalue weighted by molar-refractivity contribution is 0.0568. The Morgan fingerprint density at radius 1 is 1.50 bits per heavy atom. The second kappa shape index (κ2) is 6.39. The summed E-state index contributed by atoms with van der Waals surface area (Å²) in [6.07, 6.45) is 0.650. The Morgan fingerprint density at radius 3 is 2.90 bits per heavy atom. The van der Waals surface area contributed by atoms with Gasteiger partial charge in [-0.1, -0.05) is 17.7 Å². The zero-order chi connectivity index (χ0) is 14.8. The first-order chi connectivity index (χ1) is 9.45. The highest BCUT2D eigenvalue weighted by Crippen LogP contribution is 2.29. The van der Waals surface area contributed by atoms with Crippen molar-refractivity contribution < 1.29 is 17.5 Å². The van der Waals surface area contributed by atoms with Crippen LogP contribution in [-0.4, -0.2) is 33.9 Å². The van der Waals surface area contributed by atoms with E-state index in [1.165, 1.54) is 19.2 Å². The van der Waals surface area contributed by atoms with Crippen molar-refractivity contribution in [3.05, 3.63) is 34.6 Å². The number of halogens is 2. The lowest BCUT2D eigenvalue weighted by atomic mass is 9.93. The van der Waals surface area contributed by atoms with Gasteiger partial charge in [-0.25, -0.2) is 17.5 Å². The Bertz CT molecular complexity index is 559. The van der Waals surface area contributed by atoms with Crippen LogP contribution in [0, 0.1) is 11.7 Å². The lowest BCUT2D eigenvalue weighted by Crippen LogP contribution is -2.43. The first-order valence-electron chi connectivity index (χ1n) is 6.38. The van der Waals surface area contributed by atoms with E-state index in [1.807, 2.05) is 0 Å². The molecule has 1 aliphatic heterocycles. The van der Waals surface area contributed by atoms with Crippen LogP contribution in [0.15, 0.2) is 18.2 Å². The summed E-state index contributed by atoms with van der Waals surface area (Å²) in [6, 6.07) is 4.46. The monoisotopic (exact) mass is 321 g/mol. The van der Waals surface area contributed by atoms with Crippen LogP contribution in [0.25, 0.3) is 0 Å². The van der Waals surface area contributed by atoms with E-state index in [2.05, 4.69) is 4.72 Å². The van der Waals surface area contributed by atoms with E-state index < -0.39 is 21.1 Å². The van der Waals surface area contributed by atoms with Gasteiger partial charge in [0.25, 0.3) is 0 Å². The van der Waals surface area contributed by atoms with E-state index in [0.717, 1.165) is 0 Å². The molecule has 0 radical (unpaired) electrons. The average molecular weight is 322 g/mol. The summed E-state index contributed by atoms with van der Waals surface area (Å²) < 4.78 is 45.6. The van der Waals surface area contributed by atoms with E-state index >= 15 is 0 Å². The van der Waals surface area contributed by atoms with Gasteiger partial charge in [0.2, 0.25) is 10.0 Å². The van der Waals surface area contributed by atoms with Gasteiger partial charge in [0.15, 0.2) is 0 Å². The number of hydrogen-bond acceptors (Lipinski definition) is 3. The van der Waals surface area contributed by atoms with Crippen LogP contribution >= 0.6 is 11.6 Å². The quantitative estimate of drug-likeness (QED) is 0.922. The molecule has 2 rings (SSSR count). The molecule has 4 nitrogen and oxygen atoms in total. The number of nitrogens with one attached hydrogen (secondary N) is 1. The molecule has 2 atom stereocenters. The molecule has 1 aromatic rings. The maximum Gasteiger partial charge on any atom is 0.214 e. The van der Waals surface area contributed by atoms with Gasteiger partial charge in [-0.05, 0) is 32.0 Å². The van der Waals surface area contributed by atoms with E-state index in [4.69, 9.17) is 16.3 Å². The van der Waals surface area contributed by atoms with Gasteiger partial charge >= 0.3 is 0 Å². The fourth-order valence-electron chi connectivity index (χ4n) is 2.52. The molecule has 0 saturated carbocycles. The molecular weight excluding hydrogens is 305 g/mol. The number of benzene rings is 1. The average Bonchev–Trinajstić information content (AvgIpc) is 2.43. The van der Waals surface area contributed by atoms with Gasteiger partial charge < -0.3 is 4.74 Å². The van der Waals surface area contributed by atoms with Crippen molar-refractivity contribution in [2.45, 2.75) is 18.1 Å². The minimum absolute atomic E-state index is 0.247. The second-order valence-corrected chi connectivity index (χ2v) is 7.33. The molecule has 1 heterocycles. The zero-order valence-electron chi connectivity index (χ0n) is 11.1. The highest BCUT2D eigenvalue weighted by atomic mass is 35.5. The molecule has 0 spiro atoms. The fourth-order valence-corrected chi connectivity index (χ4v) is 4.15. The van der Waals surface area contributed by atoms with Crippen LogP contribution in [0.4, 0.5) is 4.39 Å². The summed E-state index contributed by atoms with van der Waals surface area (Å²) in [5.74, 6) is -0.723. The summed E-state index contributed by atoms with van der Waals surface area (Å²) in [6.45, 7) is 0.684. The predicted molar refractivity (Wildman–Crippen MR) is 75.8 cm³/mol. The Labute approximate surface area is 123 Å². The van der Waals surface area contributed by atoms with Crippen LogP contribution < -0.4 is 4.72 Å². The molecule has 0 amide bonds. The second-order valence-electron chi connectivity index (χ2n) is 4.82. The molecule has 7 heteroatoms. The van der Waals surface area contributed by atoms with Crippen molar-refractivity contribution in [2.24, 2.45) is 5.92 Å². The smallest absolute Gasteiger partial charge is 0.214 e. The Morgan fingerprint density at radius 2 is 2.25 bits per heavy atom. The van der Waals surface area contributed by atoms with Gasteiger partial charge in [0.05, 0.1) is 11.9 Å². The van der Waals surface area contributed by atoms with Crippen LogP contribution in [0.1, 0.15) is 12.0 Å². The molecule has 1 fully saturated rings. The summed E-state index contributed by atoms with van der Waals surface area (Å²) in [4.78, 5) is 0. The van der Waals surface area contributed by atoms with Gasteiger partial charge in [-0.15, -0.1) is 0 Å². The summed E-state index contributed by atoms with van der Waals surface area (Å²) in [7, 11) is -2.02. The number of rotatable bonds is 4. The van der Waals surface area contributed by atoms with Gasteiger partial charge in [-0.2, -0.15) is 0 Å². The third-order valence-electron chi connectivity index (χ3n) is 3.62. The molecule has 0 aliphatic carbocycles. The van der Waals surface area contributed by atoms with Gasteiger partial charge in [0, 0.05) is 23.1 Å². The number of ether oxygens (including phenoxy) is 1. The van der Waals surface area contributed by atoms with Crippen molar-refractivity contribution in [1.29, 1.82) is 0 Å². The third kappa shape index (κ3) is 3.31. The van der Waals surface area contributed by atoms with E-state index in [9.17, 15) is 12.8 Å². The molecule has 1 aliphatic rings. The lowest BCUT2D eigenvalue weighted by Gasteiger charge is -2.31. The van der Waals surface area contributed by atoms with E-state index in [0.29, 0.717) is 23.6 Å². The van der Waals surface area contributed by atoms with Crippen molar-refractivity contribution in [2.75, 3.05) is 20.3 Å². The summed E-state index contributed by atoms with van der Waals surface area (Å²) >= 11 is 6.00. The van der Waals surface area contributed by atoms with E-state index in [-0.39, 0.29) is 18.9 Å². The summed E-state index contributed by atoms with van der Waals surface area (Å²) in [5.41, 5.74) is 0.348. The molecule has 0 bridgehead atoms. The van der Waals surface area contributed by atoms with E-state index in [1.54, 1.807) is 6.07 Å². The first-order valence-corrected chi connectivity index (χ1v) is 8.31. The summed E-state index contributed by atoms with van der Waals surface area (Å²) in [5, 5.41) is -0.270. The predicted octanol–water partition coefficient (Wildman–Crippen LogP) is 1.98. The first kappa shape index (κ1) is 15.7. The topological polar surface area (TPSA) is 55.4 Å². The van der Waals surface area contributed by atoms with Crippen molar-refractivity contribution in [3.63, 3.8) is 0 Å². The maximum atomic E-state index is 13.8. The van der Waals surface area contributed by atoms with Gasteiger partial charge in [0.1, 0.15) is 5.82 Å². The van der Waals surface area contributed by atoms with Crippen molar-refractivity contribution >= 4 is 21.6 Å². The van der Waals surface area contributed by atoms with Crippen molar-refractivity contribution in [1.82, 2.24) is 4.72 Å².